The van der Waals surface area contributed by atoms with Crippen LogP contribution < -0.4 is 11.5 Å². The molecule has 1 fully saturated rings. The Labute approximate surface area is 166 Å². The Hall–Kier alpha value is -3.66. The topological polar surface area (TPSA) is 147 Å². The summed E-state index contributed by atoms with van der Waals surface area (Å²) in [6.45, 7) is 3.07. The summed E-state index contributed by atoms with van der Waals surface area (Å²) < 4.78 is 6.85. The molecule has 4 N–H and O–H groups in total. The molecule has 1 unspecified atom stereocenters. The number of rotatable bonds is 5. The van der Waals surface area contributed by atoms with Gasteiger partial charge in [0.1, 0.15) is 5.84 Å². The zero-order valence-corrected chi connectivity index (χ0v) is 15.8. The lowest BCUT2D eigenvalue weighted by molar-refractivity contribution is -0.0286. The molecule has 1 saturated heterocycles. The molecule has 10 nitrogen and oxygen atoms in total. The molecule has 148 valence electrons. The summed E-state index contributed by atoms with van der Waals surface area (Å²) >= 11 is 0. The average Bonchev–Trinajstić information content (AvgIpc) is 3.16. The number of carbonyl (C=O) groups excluding carboxylic acids is 1. The number of anilines is 1. The van der Waals surface area contributed by atoms with E-state index in [2.05, 4.69) is 25.0 Å². The largest absolute Gasteiger partial charge is 0.387 e. The van der Waals surface area contributed by atoms with Crippen molar-refractivity contribution in [1.82, 2.24) is 24.7 Å². The predicted molar refractivity (Wildman–Crippen MR) is 106 cm³/mol. The van der Waals surface area contributed by atoms with Crippen molar-refractivity contribution < 1.29 is 9.53 Å². The molecule has 29 heavy (non-hydrogen) atoms. The third-order valence-corrected chi connectivity index (χ3v) is 4.77. The van der Waals surface area contributed by atoms with Crippen LogP contribution in [0.2, 0.25) is 0 Å². The fourth-order valence-corrected chi connectivity index (χ4v) is 2.78. The number of aromatic nitrogens is 5. The monoisotopic (exact) mass is 392 g/mol. The van der Waals surface area contributed by atoms with Gasteiger partial charge in [-0.25, -0.2) is 9.97 Å². The molecular formula is C19H20N8O2. The Balaban J connectivity index is 1.46. The fraction of sp³-hybridized carbons (Fsp3) is 0.263. The zero-order valence-electron chi connectivity index (χ0n) is 15.8. The number of carbonyl (C=O) groups is 1. The maximum absolute atomic E-state index is 12.4. The number of nitrogens with two attached hydrogens (primary N) is 2. The first kappa shape index (κ1) is 18.7. The van der Waals surface area contributed by atoms with Gasteiger partial charge in [-0.05, 0) is 11.6 Å². The Morgan fingerprint density at radius 2 is 1.97 bits per heavy atom. The van der Waals surface area contributed by atoms with E-state index in [1.807, 2.05) is 19.1 Å². The van der Waals surface area contributed by atoms with Gasteiger partial charge >= 0.3 is 0 Å². The van der Waals surface area contributed by atoms with Gasteiger partial charge in [0, 0.05) is 36.3 Å². The quantitative estimate of drug-likeness (QED) is 0.486. The van der Waals surface area contributed by atoms with Crippen LogP contribution in [-0.2, 0) is 4.74 Å². The van der Waals surface area contributed by atoms with E-state index in [1.165, 1.54) is 6.20 Å². The van der Waals surface area contributed by atoms with Gasteiger partial charge in [-0.15, -0.1) is 0 Å². The first-order valence-corrected chi connectivity index (χ1v) is 9.05. The molecule has 0 aliphatic carbocycles. The molecular weight excluding hydrogens is 372 g/mol. The molecule has 1 atom stereocenters. The van der Waals surface area contributed by atoms with Crippen molar-refractivity contribution >= 4 is 17.7 Å². The zero-order chi connectivity index (χ0) is 20.4. The van der Waals surface area contributed by atoms with E-state index in [9.17, 15) is 4.79 Å². The Kier molecular flexibility index (Phi) is 5.00. The number of nitrogens with zero attached hydrogens (tertiary/aromatic N) is 6. The molecule has 1 aliphatic heterocycles. The second kappa shape index (κ2) is 7.76. The van der Waals surface area contributed by atoms with Crippen LogP contribution in [0.3, 0.4) is 0 Å². The van der Waals surface area contributed by atoms with E-state index in [0.717, 1.165) is 11.1 Å². The van der Waals surface area contributed by atoms with E-state index in [1.54, 1.807) is 29.5 Å². The molecule has 0 saturated carbocycles. The van der Waals surface area contributed by atoms with Gasteiger partial charge in [0.2, 0.25) is 5.95 Å². The summed E-state index contributed by atoms with van der Waals surface area (Å²) in [5, 5.41) is 4.19. The number of amides is 1. The second-order valence-corrected chi connectivity index (χ2v) is 6.77. The van der Waals surface area contributed by atoms with Crippen LogP contribution in [0.4, 0.5) is 5.95 Å². The SMILES string of the molecule is CC(C(N)=NC(=O)c1cnn(C2COC2)c1)c1ccc(-c2cnc(N)nc2)nc1. The van der Waals surface area contributed by atoms with Crippen LogP contribution in [0.5, 0.6) is 0 Å². The van der Waals surface area contributed by atoms with E-state index < -0.39 is 5.91 Å². The van der Waals surface area contributed by atoms with Gasteiger partial charge < -0.3 is 16.2 Å². The van der Waals surface area contributed by atoms with Gasteiger partial charge in [-0.2, -0.15) is 10.1 Å². The Bertz CT molecular complexity index is 1040. The minimum Gasteiger partial charge on any atom is -0.387 e. The maximum Gasteiger partial charge on any atom is 0.281 e. The van der Waals surface area contributed by atoms with E-state index >= 15 is 0 Å². The van der Waals surface area contributed by atoms with Gasteiger partial charge in [0.25, 0.3) is 5.91 Å². The van der Waals surface area contributed by atoms with Crippen molar-refractivity contribution in [2.24, 2.45) is 10.7 Å². The first-order chi connectivity index (χ1) is 14.0. The minimum absolute atomic E-state index is 0.174. The van der Waals surface area contributed by atoms with E-state index in [4.69, 9.17) is 16.2 Å². The summed E-state index contributed by atoms with van der Waals surface area (Å²) in [5.41, 5.74) is 14.3. The third kappa shape index (κ3) is 3.97. The number of nitrogen functional groups attached to an aromatic ring is 1. The van der Waals surface area contributed by atoms with Crippen molar-refractivity contribution in [3.63, 3.8) is 0 Å². The highest BCUT2D eigenvalue weighted by molar-refractivity contribution is 6.04. The molecule has 1 aliphatic rings. The van der Waals surface area contributed by atoms with Gasteiger partial charge in [-0.1, -0.05) is 13.0 Å². The second-order valence-electron chi connectivity index (χ2n) is 6.77. The van der Waals surface area contributed by atoms with Crippen LogP contribution in [0.25, 0.3) is 11.3 Å². The molecule has 4 rings (SSSR count). The molecule has 0 aromatic carbocycles. The number of hydrogen-bond acceptors (Lipinski definition) is 7. The number of hydrogen-bond donors (Lipinski definition) is 2. The summed E-state index contributed by atoms with van der Waals surface area (Å²) in [4.78, 5) is 28.8. The molecule has 0 radical (unpaired) electrons. The van der Waals surface area contributed by atoms with Crippen LogP contribution in [0.1, 0.15) is 34.8 Å². The number of pyridine rings is 1. The van der Waals surface area contributed by atoms with Crippen LogP contribution in [0, 0.1) is 0 Å². The highest BCUT2D eigenvalue weighted by Gasteiger charge is 2.22. The normalized spacial score (nSPS) is 15.7. The van der Waals surface area contributed by atoms with Crippen molar-refractivity contribution in [2.45, 2.75) is 18.9 Å². The van der Waals surface area contributed by atoms with Crippen LogP contribution >= 0.6 is 0 Å². The molecule has 10 heteroatoms. The van der Waals surface area contributed by atoms with Crippen molar-refractivity contribution in [1.29, 1.82) is 0 Å². The molecule has 0 bridgehead atoms. The van der Waals surface area contributed by atoms with Gasteiger partial charge in [0.15, 0.2) is 0 Å². The van der Waals surface area contributed by atoms with Crippen molar-refractivity contribution in [3.05, 3.63) is 54.2 Å². The Morgan fingerprint density at radius 3 is 2.59 bits per heavy atom. The third-order valence-electron chi connectivity index (χ3n) is 4.77. The molecule has 3 aromatic rings. The van der Waals surface area contributed by atoms with Crippen LogP contribution in [0.15, 0.2) is 48.1 Å². The smallest absolute Gasteiger partial charge is 0.281 e. The Morgan fingerprint density at radius 1 is 1.21 bits per heavy atom. The van der Waals surface area contributed by atoms with Gasteiger partial charge in [0.05, 0.1) is 36.7 Å². The maximum atomic E-state index is 12.4. The lowest BCUT2D eigenvalue weighted by atomic mass is 10.0. The van der Waals surface area contributed by atoms with Crippen LogP contribution in [-0.4, -0.2) is 49.7 Å². The number of amidine groups is 1. The average molecular weight is 392 g/mol. The molecule has 4 heterocycles. The van der Waals surface area contributed by atoms with E-state index in [-0.39, 0.29) is 23.7 Å². The lowest BCUT2D eigenvalue weighted by Gasteiger charge is -2.25. The summed E-state index contributed by atoms with van der Waals surface area (Å²) in [5.74, 6) is -0.290. The first-order valence-electron chi connectivity index (χ1n) is 9.05. The molecule has 3 aromatic heterocycles. The highest BCUT2D eigenvalue weighted by atomic mass is 16.5. The number of ether oxygens (including phenoxy) is 1. The van der Waals surface area contributed by atoms with Crippen molar-refractivity contribution in [3.8, 4) is 11.3 Å². The standard InChI is InChI=1S/C19H20N8O2/c1-11(12-2-3-16(22-4-12)13-5-23-19(21)24-6-13)17(20)26-18(28)14-7-25-27(8-14)15-9-29-10-15/h2-8,11,15H,9-10H2,1H3,(H2,20,26,28)(H2,21,23,24). The predicted octanol–water partition coefficient (Wildman–Crippen LogP) is 1.19. The molecule has 1 amide bonds. The van der Waals surface area contributed by atoms with E-state index in [0.29, 0.717) is 24.5 Å². The fourth-order valence-electron chi connectivity index (χ4n) is 2.78. The lowest BCUT2D eigenvalue weighted by Crippen LogP contribution is -2.30. The highest BCUT2D eigenvalue weighted by Crippen LogP contribution is 2.20. The van der Waals surface area contributed by atoms with Gasteiger partial charge in [-0.3, -0.25) is 14.5 Å². The summed E-state index contributed by atoms with van der Waals surface area (Å²) in [6, 6.07) is 3.89. The minimum atomic E-state index is -0.426. The molecule has 0 spiro atoms. The summed E-state index contributed by atoms with van der Waals surface area (Å²) in [7, 11) is 0. The number of aliphatic imine (C=N–C) groups is 1. The summed E-state index contributed by atoms with van der Waals surface area (Å²) in [6.07, 6.45) is 8.07. The van der Waals surface area contributed by atoms with Crippen molar-refractivity contribution in [2.75, 3.05) is 18.9 Å².